The maximum atomic E-state index is 12.1. The minimum absolute atomic E-state index is 0.142. The van der Waals surface area contributed by atoms with Crippen molar-refractivity contribution in [1.29, 1.82) is 0 Å². The Morgan fingerprint density at radius 3 is 2.91 bits per heavy atom. The molecule has 1 aliphatic rings. The number of aryl methyl sites for hydroxylation is 2. The van der Waals surface area contributed by atoms with Crippen LogP contribution in [0.2, 0.25) is 0 Å². The molecule has 2 heterocycles. The normalized spacial score (nSPS) is 13.7. The lowest BCUT2D eigenvalue weighted by Gasteiger charge is -2.06. The van der Waals surface area contributed by atoms with Crippen LogP contribution in [0.3, 0.4) is 0 Å². The second-order valence-corrected chi connectivity index (χ2v) is 6.35. The molecule has 0 atom stereocenters. The van der Waals surface area contributed by atoms with Crippen molar-refractivity contribution in [3.8, 4) is 0 Å². The van der Waals surface area contributed by atoms with Gasteiger partial charge in [-0.3, -0.25) is 18.7 Å². The van der Waals surface area contributed by atoms with E-state index in [1.54, 1.807) is 0 Å². The van der Waals surface area contributed by atoms with E-state index in [1.807, 2.05) is 0 Å². The summed E-state index contributed by atoms with van der Waals surface area (Å²) in [6.07, 6.45) is 5.61. The van der Waals surface area contributed by atoms with Crippen molar-refractivity contribution in [2.75, 3.05) is 5.32 Å². The highest BCUT2D eigenvalue weighted by Crippen LogP contribution is 2.29. The zero-order valence-electron chi connectivity index (χ0n) is 12.2. The van der Waals surface area contributed by atoms with Crippen molar-refractivity contribution in [3.63, 3.8) is 0 Å². The minimum Gasteiger partial charge on any atom is -0.300 e. The van der Waals surface area contributed by atoms with Gasteiger partial charge in [0, 0.05) is 24.2 Å². The Morgan fingerprint density at radius 1 is 1.36 bits per heavy atom. The molecule has 0 aromatic carbocycles. The van der Waals surface area contributed by atoms with Gasteiger partial charge < -0.3 is 5.32 Å². The van der Waals surface area contributed by atoms with Gasteiger partial charge in [-0.15, -0.1) is 11.3 Å². The molecular formula is C14H16N4O3S. The Bertz CT molecular complexity index is 810. The van der Waals surface area contributed by atoms with E-state index >= 15 is 0 Å². The maximum Gasteiger partial charge on any atom is 0.331 e. The molecule has 0 saturated heterocycles. The van der Waals surface area contributed by atoms with Crippen LogP contribution in [0.5, 0.6) is 0 Å². The zero-order valence-corrected chi connectivity index (χ0v) is 13.0. The first-order valence-corrected chi connectivity index (χ1v) is 7.91. The number of rotatable bonds is 3. The highest BCUT2D eigenvalue weighted by Gasteiger charge is 2.16. The number of hydrogen-bond acceptors (Lipinski definition) is 5. The Morgan fingerprint density at radius 2 is 2.14 bits per heavy atom. The van der Waals surface area contributed by atoms with E-state index in [4.69, 9.17) is 0 Å². The van der Waals surface area contributed by atoms with Crippen molar-refractivity contribution >= 4 is 22.4 Å². The van der Waals surface area contributed by atoms with Crippen molar-refractivity contribution < 1.29 is 4.79 Å². The number of nitrogens with one attached hydrogen (secondary N) is 1. The SMILES string of the molecule is Cn1c(=O)ccn(CC(=O)Nc2nc3c(s2)CCCC3)c1=O. The smallest absolute Gasteiger partial charge is 0.300 e. The van der Waals surface area contributed by atoms with E-state index in [2.05, 4.69) is 10.3 Å². The number of aromatic nitrogens is 3. The van der Waals surface area contributed by atoms with Crippen molar-refractivity contribution in [2.24, 2.45) is 7.05 Å². The standard InChI is InChI=1S/C14H16N4O3S/c1-17-12(20)6-7-18(14(17)21)8-11(19)16-13-15-9-4-2-3-5-10(9)22-13/h6-7H,2-5,8H2,1H3,(H,15,16,19). The van der Waals surface area contributed by atoms with E-state index < -0.39 is 11.2 Å². The molecule has 0 unspecified atom stereocenters. The predicted octanol–water partition coefficient (Wildman–Crippen LogP) is 0.521. The van der Waals surface area contributed by atoms with Gasteiger partial charge in [-0.25, -0.2) is 9.78 Å². The second-order valence-electron chi connectivity index (χ2n) is 5.27. The summed E-state index contributed by atoms with van der Waals surface area (Å²) in [5.41, 5.74) is 0.168. The molecule has 2 aromatic rings. The van der Waals surface area contributed by atoms with Gasteiger partial charge in [-0.1, -0.05) is 0 Å². The number of hydrogen-bond donors (Lipinski definition) is 1. The number of anilines is 1. The van der Waals surface area contributed by atoms with Gasteiger partial charge in [-0.05, 0) is 25.7 Å². The van der Waals surface area contributed by atoms with Gasteiger partial charge in [0.05, 0.1) is 5.69 Å². The van der Waals surface area contributed by atoms with Crippen LogP contribution in [-0.4, -0.2) is 20.0 Å². The molecule has 22 heavy (non-hydrogen) atoms. The average Bonchev–Trinajstić information content (AvgIpc) is 2.90. The van der Waals surface area contributed by atoms with Crippen LogP contribution < -0.4 is 16.6 Å². The molecule has 2 aromatic heterocycles. The van der Waals surface area contributed by atoms with E-state index in [1.165, 1.54) is 40.1 Å². The number of thiazole rings is 1. The van der Waals surface area contributed by atoms with Crippen LogP contribution in [0, 0.1) is 0 Å². The Balaban J connectivity index is 1.73. The molecule has 0 spiro atoms. The third kappa shape index (κ3) is 2.87. The molecule has 3 rings (SSSR count). The third-order valence-electron chi connectivity index (χ3n) is 3.67. The van der Waals surface area contributed by atoms with Crippen LogP contribution >= 0.6 is 11.3 Å². The summed E-state index contributed by atoms with van der Waals surface area (Å²) in [4.78, 5) is 40.9. The molecule has 1 aliphatic carbocycles. The number of fused-ring (bicyclic) bond motifs is 1. The molecule has 0 bridgehead atoms. The van der Waals surface area contributed by atoms with E-state index in [-0.39, 0.29) is 12.5 Å². The van der Waals surface area contributed by atoms with Crippen LogP contribution in [0.4, 0.5) is 5.13 Å². The fourth-order valence-electron chi connectivity index (χ4n) is 2.46. The average molecular weight is 320 g/mol. The molecular weight excluding hydrogens is 304 g/mol. The van der Waals surface area contributed by atoms with Crippen molar-refractivity contribution in [3.05, 3.63) is 43.7 Å². The fraction of sp³-hybridized carbons (Fsp3) is 0.429. The van der Waals surface area contributed by atoms with E-state index in [9.17, 15) is 14.4 Å². The molecule has 8 heteroatoms. The van der Waals surface area contributed by atoms with Gasteiger partial charge in [-0.2, -0.15) is 0 Å². The molecule has 0 fully saturated rings. The quantitative estimate of drug-likeness (QED) is 0.893. The van der Waals surface area contributed by atoms with Crippen molar-refractivity contribution in [1.82, 2.24) is 14.1 Å². The first kappa shape index (κ1) is 14.7. The predicted molar refractivity (Wildman–Crippen MR) is 83.3 cm³/mol. The van der Waals surface area contributed by atoms with Gasteiger partial charge in [0.25, 0.3) is 5.56 Å². The van der Waals surface area contributed by atoms with Crippen LogP contribution in [0.1, 0.15) is 23.4 Å². The summed E-state index contributed by atoms with van der Waals surface area (Å²) < 4.78 is 2.17. The number of amides is 1. The largest absolute Gasteiger partial charge is 0.331 e. The number of carbonyl (C=O) groups is 1. The summed E-state index contributed by atoms with van der Waals surface area (Å²) in [5.74, 6) is -0.327. The monoisotopic (exact) mass is 320 g/mol. The van der Waals surface area contributed by atoms with Crippen LogP contribution in [0.15, 0.2) is 21.9 Å². The van der Waals surface area contributed by atoms with Crippen LogP contribution in [0.25, 0.3) is 0 Å². The molecule has 1 N–H and O–H groups in total. The second kappa shape index (κ2) is 5.88. The van der Waals surface area contributed by atoms with Gasteiger partial charge in [0.1, 0.15) is 6.54 Å². The molecule has 0 radical (unpaired) electrons. The van der Waals surface area contributed by atoms with Gasteiger partial charge >= 0.3 is 5.69 Å². The molecule has 116 valence electrons. The first-order valence-electron chi connectivity index (χ1n) is 7.09. The summed E-state index contributed by atoms with van der Waals surface area (Å²) >= 11 is 1.50. The highest BCUT2D eigenvalue weighted by atomic mass is 32.1. The summed E-state index contributed by atoms with van der Waals surface area (Å²) in [6, 6.07) is 1.26. The molecule has 0 saturated carbocycles. The Kier molecular flexibility index (Phi) is 3.93. The third-order valence-corrected chi connectivity index (χ3v) is 4.74. The fourth-order valence-corrected chi connectivity index (χ4v) is 3.52. The van der Waals surface area contributed by atoms with Gasteiger partial charge in [0.15, 0.2) is 5.13 Å². The minimum atomic E-state index is -0.513. The number of carbonyl (C=O) groups excluding carboxylic acids is 1. The summed E-state index contributed by atoms with van der Waals surface area (Å²) in [5, 5.41) is 3.31. The van der Waals surface area contributed by atoms with E-state index in [0.717, 1.165) is 35.9 Å². The summed E-state index contributed by atoms with van der Waals surface area (Å²) in [7, 11) is 1.38. The zero-order chi connectivity index (χ0) is 15.7. The lowest BCUT2D eigenvalue weighted by atomic mass is 10.0. The molecule has 7 nitrogen and oxygen atoms in total. The first-order chi connectivity index (χ1) is 10.5. The Labute approximate surface area is 130 Å². The molecule has 1 amide bonds. The van der Waals surface area contributed by atoms with Crippen LogP contribution in [-0.2, 0) is 31.2 Å². The maximum absolute atomic E-state index is 12.1. The van der Waals surface area contributed by atoms with E-state index in [0.29, 0.717) is 5.13 Å². The lowest BCUT2D eigenvalue weighted by Crippen LogP contribution is -2.38. The Hall–Kier alpha value is -2.22. The van der Waals surface area contributed by atoms with Gasteiger partial charge in [0.2, 0.25) is 5.91 Å². The number of nitrogens with zero attached hydrogens (tertiary/aromatic N) is 3. The molecule has 0 aliphatic heterocycles. The highest BCUT2D eigenvalue weighted by molar-refractivity contribution is 7.15. The topological polar surface area (TPSA) is 86.0 Å². The lowest BCUT2D eigenvalue weighted by molar-refractivity contribution is -0.116. The summed E-state index contributed by atoms with van der Waals surface area (Å²) in [6.45, 7) is -0.142. The van der Waals surface area contributed by atoms with Crippen molar-refractivity contribution in [2.45, 2.75) is 32.2 Å².